The van der Waals surface area contributed by atoms with Gasteiger partial charge in [0.2, 0.25) is 0 Å². The van der Waals surface area contributed by atoms with Crippen LogP contribution in [0.25, 0.3) is 0 Å². The summed E-state index contributed by atoms with van der Waals surface area (Å²) in [4.78, 5) is 10.8. The molecule has 2 aromatic rings. The molecule has 2 rings (SSSR count). The number of carbonyl (C=O) groups is 1. The van der Waals surface area contributed by atoms with E-state index in [1.165, 1.54) is 6.92 Å². The van der Waals surface area contributed by atoms with Gasteiger partial charge in [-0.2, -0.15) is 0 Å². The van der Waals surface area contributed by atoms with Crippen molar-refractivity contribution in [3.8, 4) is 17.2 Å². The number of hydrogen-bond donors (Lipinski definition) is 1. The second kappa shape index (κ2) is 5.23. The van der Waals surface area contributed by atoms with Crippen LogP contribution in [0.4, 0.5) is 5.69 Å². The molecule has 0 heterocycles. The minimum Gasteiger partial charge on any atom is -0.457 e. The van der Waals surface area contributed by atoms with Gasteiger partial charge >= 0.3 is 5.97 Å². The summed E-state index contributed by atoms with van der Waals surface area (Å²) in [5, 5.41) is 0. The van der Waals surface area contributed by atoms with Crippen LogP contribution in [0, 0.1) is 0 Å². The van der Waals surface area contributed by atoms with Crippen molar-refractivity contribution in [1.29, 1.82) is 0 Å². The lowest BCUT2D eigenvalue weighted by Gasteiger charge is -2.06. The topological polar surface area (TPSA) is 61.5 Å². The smallest absolute Gasteiger partial charge is 0.308 e. The van der Waals surface area contributed by atoms with E-state index < -0.39 is 0 Å². The maximum absolute atomic E-state index is 10.8. The molecule has 0 spiro atoms. The Morgan fingerprint density at radius 2 is 1.33 bits per heavy atom. The van der Waals surface area contributed by atoms with Gasteiger partial charge in [0.25, 0.3) is 0 Å². The Bertz CT molecular complexity index is 532. The molecule has 0 aliphatic heterocycles. The zero-order valence-electron chi connectivity index (χ0n) is 9.92. The van der Waals surface area contributed by atoms with Crippen molar-refractivity contribution in [2.45, 2.75) is 6.92 Å². The first-order valence-electron chi connectivity index (χ1n) is 5.45. The summed E-state index contributed by atoms with van der Waals surface area (Å²) in [6, 6.07) is 13.9. The zero-order valence-corrected chi connectivity index (χ0v) is 9.92. The van der Waals surface area contributed by atoms with Crippen molar-refractivity contribution in [3.05, 3.63) is 48.5 Å². The third-order valence-corrected chi connectivity index (χ3v) is 2.20. The molecule has 0 fully saturated rings. The fourth-order valence-corrected chi connectivity index (χ4v) is 1.41. The van der Waals surface area contributed by atoms with Crippen molar-refractivity contribution in [2.24, 2.45) is 0 Å². The Morgan fingerprint density at radius 3 is 1.83 bits per heavy atom. The molecule has 0 aliphatic carbocycles. The van der Waals surface area contributed by atoms with Crippen LogP contribution in [-0.2, 0) is 4.79 Å². The highest BCUT2D eigenvalue weighted by atomic mass is 16.5. The van der Waals surface area contributed by atoms with E-state index in [4.69, 9.17) is 15.2 Å². The van der Waals surface area contributed by atoms with Gasteiger partial charge in [-0.05, 0) is 48.5 Å². The number of nitrogen functional groups attached to an aromatic ring is 1. The first kappa shape index (κ1) is 12.0. The molecule has 4 nitrogen and oxygen atoms in total. The molecular formula is C14H13NO3. The molecule has 0 saturated heterocycles. The fourth-order valence-electron chi connectivity index (χ4n) is 1.41. The molecule has 0 atom stereocenters. The van der Waals surface area contributed by atoms with E-state index in [-0.39, 0.29) is 5.97 Å². The van der Waals surface area contributed by atoms with Crippen LogP contribution in [0.5, 0.6) is 17.2 Å². The summed E-state index contributed by atoms with van der Waals surface area (Å²) in [7, 11) is 0. The molecule has 0 bridgehead atoms. The van der Waals surface area contributed by atoms with Gasteiger partial charge in [0.1, 0.15) is 17.2 Å². The SMILES string of the molecule is CC(=O)Oc1ccc(Oc2ccc(N)cc2)cc1. The van der Waals surface area contributed by atoms with Crippen LogP contribution in [0.2, 0.25) is 0 Å². The lowest BCUT2D eigenvalue weighted by molar-refractivity contribution is -0.131. The molecule has 0 saturated carbocycles. The van der Waals surface area contributed by atoms with E-state index in [9.17, 15) is 4.79 Å². The van der Waals surface area contributed by atoms with Crippen LogP contribution in [0.15, 0.2) is 48.5 Å². The molecule has 0 aliphatic rings. The van der Waals surface area contributed by atoms with Gasteiger partial charge in [-0.15, -0.1) is 0 Å². The first-order valence-corrected chi connectivity index (χ1v) is 5.45. The molecule has 0 radical (unpaired) electrons. The Labute approximate surface area is 105 Å². The zero-order chi connectivity index (χ0) is 13.0. The van der Waals surface area contributed by atoms with E-state index in [1.54, 1.807) is 48.5 Å². The fraction of sp³-hybridized carbons (Fsp3) is 0.0714. The van der Waals surface area contributed by atoms with Crippen LogP contribution in [0.1, 0.15) is 6.92 Å². The number of rotatable bonds is 3. The third-order valence-electron chi connectivity index (χ3n) is 2.20. The molecule has 92 valence electrons. The van der Waals surface area contributed by atoms with E-state index in [1.807, 2.05) is 0 Å². The van der Waals surface area contributed by atoms with E-state index in [0.717, 1.165) is 0 Å². The highest BCUT2D eigenvalue weighted by Crippen LogP contribution is 2.24. The number of hydrogen-bond acceptors (Lipinski definition) is 4. The Balaban J connectivity index is 2.06. The standard InChI is InChI=1S/C14H13NO3/c1-10(16)17-12-6-8-14(9-7-12)18-13-4-2-11(15)3-5-13/h2-9H,15H2,1H3. The van der Waals surface area contributed by atoms with Gasteiger partial charge in [-0.25, -0.2) is 0 Å². The number of esters is 1. The van der Waals surface area contributed by atoms with Gasteiger partial charge in [0.05, 0.1) is 0 Å². The van der Waals surface area contributed by atoms with Gasteiger partial charge in [-0.3, -0.25) is 4.79 Å². The van der Waals surface area contributed by atoms with Gasteiger partial charge in [0.15, 0.2) is 0 Å². The average Bonchev–Trinajstić information content (AvgIpc) is 2.34. The maximum Gasteiger partial charge on any atom is 0.308 e. The first-order chi connectivity index (χ1) is 8.63. The predicted molar refractivity (Wildman–Crippen MR) is 68.7 cm³/mol. The van der Waals surface area contributed by atoms with Crippen molar-refractivity contribution in [1.82, 2.24) is 0 Å². The van der Waals surface area contributed by atoms with Crippen molar-refractivity contribution >= 4 is 11.7 Å². The number of benzene rings is 2. The molecule has 0 amide bonds. The van der Waals surface area contributed by atoms with Crippen LogP contribution in [-0.4, -0.2) is 5.97 Å². The van der Waals surface area contributed by atoms with E-state index in [0.29, 0.717) is 22.9 Å². The summed E-state index contributed by atoms with van der Waals surface area (Å²) in [5.41, 5.74) is 6.27. The average molecular weight is 243 g/mol. The quantitative estimate of drug-likeness (QED) is 0.511. The highest BCUT2D eigenvalue weighted by molar-refractivity contribution is 5.69. The summed E-state index contributed by atoms with van der Waals surface area (Å²) >= 11 is 0. The van der Waals surface area contributed by atoms with Crippen LogP contribution in [0.3, 0.4) is 0 Å². The Morgan fingerprint density at radius 1 is 0.889 bits per heavy atom. The summed E-state index contributed by atoms with van der Waals surface area (Å²) < 4.78 is 10.5. The minimum atomic E-state index is -0.345. The maximum atomic E-state index is 10.8. The summed E-state index contributed by atoms with van der Waals surface area (Å²) in [5.74, 6) is 1.51. The lowest BCUT2D eigenvalue weighted by Crippen LogP contribution is -2.00. The molecule has 2 aromatic carbocycles. The van der Waals surface area contributed by atoms with Crippen LogP contribution < -0.4 is 15.2 Å². The molecule has 2 N–H and O–H groups in total. The largest absolute Gasteiger partial charge is 0.457 e. The Hall–Kier alpha value is -2.49. The summed E-state index contributed by atoms with van der Waals surface area (Å²) in [6.45, 7) is 1.36. The van der Waals surface area contributed by atoms with Crippen molar-refractivity contribution < 1.29 is 14.3 Å². The molecule has 0 aromatic heterocycles. The third kappa shape index (κ3) is 3.25. The second-order valence-electron chi connectivity index (χ2n) is 3.74. The number of carbonyl (C=O) groups excluding carboxylic acids is 1. The van der Waals surface area contributed by atoms with Gasteiger partial charge < -0.3 is 15.2 Å². The number of ether oxygens (including phenoxy) is 2. The predicted octanol–water partition coefficient (Wildman–Crippen LogP) is 2.99. The summed E-state index contributed by atoms with van der Waals surface area (Å²) in [6.07, 6.45) is 0. The minimum absolute atomic E-state index is 0.345. The normalized spacial score (nSPS) is 9.83. The van der Waals surface area contributed by atoms with Crippen LogP contribution >= 0.6 is 0 Å². The second-order valence-corrected chi connectivity index (χ2v) is 3.74. The monoisotopic (exact) mass is 243 g/mol. The lowest BCUT2D eigenvalue weighted by atomic mass is 10.3. The number of nitrogens with two attached hydrogens (primary N) is 1. The van der Waals surface area contributed by atoms with E-state index >= 15 is 0 Å². The van der Waals surface area contributed by atoms with Crippen molar-refractivity contribution in [2.75, 3.05) is 5.73 Å². The molecule has 0 unspecified atom stereocenters. The van der Waals surface area contributed by atoms with E-state index in [2.05, 4.69) is 0 Å². The molecular weight excluding hydrogens is 230 g/mol. The highest BCUT2D eigenvalue weighted by Gasteiger charge is 2.00. The molecule has 18 heavy (non-hydrogen) atoms. The van der Waals surface area contributed by atoms with Gasteiger partial charge in [-0.1, -0.05) is 0 Å². The Kier molecular flexibility index (Phi) is 3.48. The molecule has 4 heteroatoms. The van der Waals surface area contributed by atoms with Gasteiger partial charge in [0, 0.05) is 12.6 Å². The number of anilines is 1. The van der Waals surface area contributed by atoms with Crippen molar-refractivity contribution in [3.63, 3.8) is 0 Å².